The van der Waals surface area contributed by atoms with Gasteiger partial charge in [-0.3, -0.25) is 9.59 Å². The van der Waals surface area contributed by atoms with Gasteiger partial charge in [-0.15, -0.1) is 0 Å². The number of carbonyl (C=O) groups excluding carboxylic acids is 2. The van der Waals surface area contributed by atoms with E-state index < -0.39 is 5.41 Å². The number of rotatable bonds is 6. The molecule has 0 unspecified atom stereocenters. The van der Waals surface area contributed by atoms with Crippen molar-refractivity contribution in [3.63, 3.8) is 0 Å². The molecule has 0 amide bonds. The Kier molecular flexibility index (Phi) is 4.62. The molecule has 0 radical (unpaired) electrons. The third-order valence-corrected chi connectivity index (χ3v) is 3.07. The van der Waals surface area contributed by atoms with E-state index in [0.717, 1.165) is 6.42 Å². The maximum absolute atomic E-state index is 11.9. The monoisotopic (exact) mass is 232 g/mol. The molecular formula is C15H20O2. The van der Waals surface area contributed by atoms with Gasteiger partial charge >= 0.3 is 0 Å². The Morgan fingerprint density at radius 3 is 2.24 bits per heavy atom. The molecule has 0 saturated carbocycles. The number of hydrogen-bond acceptors (Lipinski definition) is 2. The number of carbonyl (C=O) groups is 2. The lowest BCUT2D eigenvalue weighted by Gasteiger charge is -2.21. The summed E-state index contributed by atoms with van der Waals surface area (Å²) in [6.07, 6.45) is 1.84. The van der Waals surface area contributed by atoms with Crippen LogP contribution >= 0.6 is 0 Å². The van der Waals surface area contributed by atoms with Crippen molar-refractivity contribution in [2.24, 2.45) is 5.41 Å². The van der Waals surface area contributed by atoms with E-state index in [1.54, 1.807) is 6.92 Å². The average Bonchev–Trinajstić information content (AvgIpc) is 2.36. The molecule has 0 spiro atoms. The highest BCUT2D eigenvalue weighted by Crippen LogP contribution is 2.25. The molecule has 0 saturated heterocycles. The van der Waals surface area contributed by atoms with E-state index in [1.807, 2.05) is 44.2 Å². The van der Waals surface area contributed by atoms with Crippen LogP contribution in [-0.2, 0) is 16.0 Å². The van der Waals surface area contributed by atoms with Gasteiger partial charge in [0.15, 0.2) is 5.78 Å². The number of ketones is 2. The van der Waals surface area contributed by atoms with Crippen molar-refractivity contribution < 1.29 is 9.59 Å². The smallest absolute Gasteiger partial charge is 0.203 e. The molecule has 1 aromatic rings. The molecule has 0 aliphatic heterocycles. The zero-order valence-electron chi connectivity index (χ0n) is 10.8. The summed E-state index contributed by atoms with van der Waals surface area (Å²) in [5.41, 5.74) is 0.653. The van der Waals surface area contributed by atoms with Crippen LogP contribution < -0.4 is 0 Å². The lowest BCUT2D eigenvalue weighted by Crippen LogP contribution is -2.31. The van der Waals surface area contributed by atoms with Crippen LogP contribution in [-0.4, -0.2) is 11.6 Å². The molecule has 1 rings (SSSR count). The summed E-state index contributed by atoms with van der Waals surface area (Å²) in [5.74, 6) is -0.501. The van der Waals surface area contributed by atoms with Crippen LogP contribution in [0.15, 0.2) is 30.3 Å². The summed E-state index contributed by atoms with van der Waals surface area (Å²) < 4.78 is 0. The number of hydrogen-bond donors (Lipinski definition) is 0. The molecule has 2 heteroatoms. The molecule has 2 nitrogen and oxygen atoms in total. The molecule has 0 heterocycles. The van der Waals surface area contributed by atoms with Gasteiger partial charge in [0, 0.05) is 11.8 Å². The molecule has 0 atom stereocenters. The quantitative estimate of drug-likeness (QED) is 0.706. The van der Waals surface area contributed by atoms with Crippen molar-refractivity contribution in [3.05, 3.63) is 35.9 Å². The number of Topliss-reactive ketones (excluding diaryl/α,β-unsaturated/α-hetero) is 2. The average molecular weight is 232 g/mol. The van der Waals surface area contributed by atoms with Gasteiger partial charge < -0.3 is 0 Å². The predicted molar refractivity (Wildman–Crippen MR) is 68.8 cm³/mol. The van der Waals surface area contributed by atoms with Crippen molar-refractivity contribution in [2.75, 3.05) is 0 Å². The van der Waals surface area contributed by atoms with Gasteiger partial charge in [0.25, 0.3) is 0 Å². The second-order valence-corrected chi connectivity index (χ2v) is 4.98. The zero-order chi connectivity index (χ0) is 12.9. The van der Waals surface area contributed by atoms with E-state index in [0.29, 0.717) is 12.8 Å². The Morgan fingerprint density at radius 2 is 1.71 bits per heavy atom. The first kappa shape index (κ1) is 13.6. The highest BCUT2D eigenvalue weighted by molar-refractivity contribution is 6.38. The second-order valence-electron chi connectivity index (χ2n) is 4.98. The summed E-state index contributed by atoms with van der Waals surface area (Å²) in [6.45, 7) is 5.44. The highest BCUT2D eigenvalue weighted by Gasteiger charge is 2.31. The maximum atomic E-state index is 11.9. The van der Waals surface area contributed by atoms with Crippen molar-refractivity contribution in [3.8, 4) is 0 Å². The topological polar surface area (TPSA) is 34.1 Å². The van der Waals surface area contributed by atoms with E-state index in [9.17, 15) is 9.59 Å². The van der Waals surface area contributed by atoms with E-state index >= 15 is 0 Å². The van der Waals surface area contributed by atoms with E-state index in [1.165, 1.54) is 5.56 Å². The summed E-state index contributed by atoms with van der Waals surface area (Å²) in [5, 5.41) is 0. The van der Waals surface area contributed by atoms with Crippen LogP contribution in [0.5, 0.6) is 0 Å². The van der Waals surface area contributed by atoms with E-state index in [4.69, 9.17) is 0 Å². The second kappa shape index (κ2) is 5.76. The molecule has 0 aliphatic carbocycles. The highest BCUT2D eigenvalue weighted by atomic mass is 16.2. The lowest BCUT2D eigenvalue weighted by molar-refractivity contribution is -0.141. The molecule has 0 aliphatic rings. The summed E-state index contributed by atoms with van der Waals surface area (Å²) >= 11 is 0. The number of benzene rings is 1. The first-order valence-electron chi connectivity index (χ1n) is 6.09. The van der Waals surface area contributed by atoms with Crippen molar-refractivity contribution in [1.82, 2.24) is 0 Å². The molecule has 0 N–H and O–H groups in total. The Morgan fingerprint density at radius 1 is 1.12 bits per heavy atom. The van der Waals surface area contributed by atoms with Crippen LogP contribution in [0.1, 0.15) is 39.2 Å². The van der Waals surface area contributed by atoms with Crippen LogP contribution in [0.4, 0.5) is 0 Å². The fraction of sp³-hybridized carbons (Fsp3) is 0.467. The Bertz CT molecular complexity index is 391. The van der Waals surface area contributed by atoms with Gasteiger partial charge in [0.2, 0.25) is 5.78 Å². The van der Waals surface area contributed by atoms with Crippen molar-refractivity contribution >= 4 is 11.6 Å². The van der Waals surface area contributed by atoms with Gasteiger partial charge in [0.05, 0.1) is 0 Å². The van der Waals surface area contributed by atoms with Gasteiger partial charge in [-0.25, -0.2) is 0 Å². The first-order valence-corrected chi connectivity index (χ1v) is 6.09. The maximum Gasteiger partial charge on any atom is 0.203 e. The predicted octanol–water partition coefficient (Wildman–Crippen LogP) is 3.19. The molecule has 0 aromatic heterocycles. The summed E-state index contributed by atoms with van der Waals surface area (Å²) in [6, 6.07) is 10.0. The molecular weight excluding hydrogens is 212 g/mol. The van der Waals surface area contributed by atoms with Crippen molar-refractivity contribution in [2.45, 2.75) is 40.0 Å². The van der Waals surface area contributed by atoms with Gasteiger partial charge in [-0.05, 0) is 18.4 Å². The molecule has 1 aromatic carbocycles. The fourth-order valence-corrected chi connectivity index (χ4v) is 1.75. The normalized spacial score (nSPS) is 11.2. The van der Waals surface area contributed by atoms with Crippen molar-refractivity contribution in [1.29, 1.82) is 0 Å². The minimum Gasteiger partial charge on any atom is -0.291 e. The largest absolute Gasteiger partial charge is 0.291 e. The Balaban J connectivity index is 2.61. The molecule has 92 valence electrons. The third kappa shape index (κ3) is 3.81. The third-order valence-electron chi connectivity index (χ3n) is 3.07. The Hall–Kier alpha value is -1.44. The van der Waals surface area contributed by atoms with Crippen LogP contribution in [0.2, 0.25) is 0 Å². The van der Waals surface area contributed by atoms with Crippen LogP contribution in [0.25, 0.3) is 0 Å². The van der Waals surface area contributed by atoms with E-state index in [-0.39, 0.29) is 11.6 Å². The minimum atomic E-state index is -0.553. The molecule has 0 fully saturated rings. The Labute approximate surface area is 103 Å². The first-order chi connectivity index (χ1) is 7.97. The van der Waals surface area contributed by atoms with Gasteiger partial charge in [0.1, 0.15) is 0 Å². The SMILES string of the molecule is CCC(=O)C(=O)C(C)(C)CCc1ccccc1. The molecule has 0 bridgehead atoms. The summed E-state index contributed by atoms with van der Waals surface area (Å²) in [4.78, 5) is 23.3. The standard InChI is InChI=1S/C15H20O2/c1-4-13(16)14(17)15(2,3)11-10-12-8-6-5-7-9-12/h5-9H,4,10-11H2,1-3H3. The number of aryl methyl sites for hydroxylation is 1. The van der Waals surface area contributed by atoms with E-state index in [2.05, 4.69) is 0 Å². The minimum absolute atomic E-state index is 0.240. The zero-order valence-corrected chi connectivity index (χ0v) is 10.8. The van der Waals surface area contributed by atoms with Crippen LogP contribution in [0, 0.1) is 5.41 Å². The van der Waals surface area contributed by atoms with Gasteiger partial charge in [-0.1, -0.05) is 51.1 Å². The van der Waals surface area contributed by atoms with Crippen LogP contribution in [0.3, 0.4) is 0 Å². The lowest BCUT2D eigenvalue weighted by atomic mass is 9.80. The molecule has 17 heavy (non-hydrogen) atoms. The fourth-order valence-electron chi connectivity index (χ4n) is 1.75. The summed E-state index contributed by atoms with van der Waals surface area (Å²) in [7, 11) is 0. The van der Waals surface area contributed by atoms with Gasteiger partial charge in [-0.2, -0.15) is 0 Å².